The van der Waals surface area contributed by atoms with Crippen molar-refractivity contribution in [2.75, 3.05) is 10.2 Å². The van der Waals surface area contributed by atoms with Crippen LogP contribution in [0.2, 0.25) is 0 Å². The van der Waals surface area contributed by atoms with Gasteiger partial charge in [-0.25, -0.2) is 0 Å². The van der Waals surface area contributed by atoms with Gasteiger partial charge in [0.25, 0.3) is 0 Å². The first-order chi connectivity index (χ1) is 25.7. The van der Waals surface area contributed by atoms with Gasteiger partial charge in [0.05, 0.1) is 5.69 Å². The summed E-state index contributed by atoms with van der Waals surface area (Å²) in [6, 6.07) is 61.1. The minimum absolute atomic E-state index is 0.265. The van der Waals surface area contributed by atoms with Crippen LogP contribution in [0.3, 0.4) is 0 Å². The molecule has 1 atom stereocenters. The summed E-state index contributed by atoms with van der Waals surface area (Å²) < 4.78 is 6.84. The van der Waals surface area contributed by atoms with E-state index in [1.54, 1.807) is 0 Å². The number of fused-ring (bicyclic) bond motifs is 6. The standard InChI is InChI=1S/C49H36N2O/c1-3-10-33(11-4-1)36-22-26-42(27-23-36)51(43-17-9-16-40(31-43)34-12-5-2-6-13-34)44-28-24-37-19-20-38-25-29-46-48(47(38)45(37)32-44)52-49(50-46)41-21-18-35-14-7-8-15-39(35)30-41/h1-8,10-16,18-32,49-50H,9,17H2. The number of allylic oxidation sites excluding steroid dienone is 4. The molecule has 1 aliphatic carbocycles. The van der Waals surface area contributed by atoms with Crippen LogP contribution in [0, 0.1) is 0 Å². The van der Waals surface area contributed by atoms with Gasteiger partial charge in [-0.3, -0.25) is 0 Å². The van der Waals surface area contributed by atoms with Crippen LogP contribution >= 0.6 is 0 Å². The zero-order valence-corrected chi connectivity index (χ0v) is 28.7. The molecule has 0 spiro atoms. The van der Waals surface area contributed by atoms with Gasteiger partial charge in [0.1, 0.15) is 0 Å². The highest BCUT2D eigenvalue weighted by atomic mass is 16.5. The van der Waals surface area contributed by atoms with Crippen LogP contribution in [0.15, 0.2) is 188 Å². The summed E-state index contributed by atoms with van der Waals surface area (Å²) in [5.41, 5.74) is 10.6. The molecule has 0 saturated carbocycles. The van der Waals surface area contributed by atoms with Gasteiger partial charge in [-0.2, -0.15) is 0 Å². The van der Waals surface area contributed by atoms with Crippen molar-refractivity contribution in [1.82, 2.24) is 0 Å². The number of nitrogens with zero attached hydrogens (tertiary/aromatic N) is 1. The molecule has 1 unspecified atom stereocenters. The Morgan fingerprint density at radius 2 is 1.19 bits per heavy atom. The van der Waals surface area contributed by atoms with E-state index in [0.717, 1.165) is 52.0 Å². The number of ether oxygens (including phenoxy) is 1. The highest BCUT2D eigenvalue weighted by Gasteiger charge is 2.27. The molecule has 0 aromatic heterocycles. The van der Waals surface area contributed by atoms with Crippen LogP contribution in [-0.4, -0.2) is 0 Å². The lowest BCUT2D eigenvalue weighted by Gasteiger charge is -2.30. The lowest BCUT2D eigenvalue weighted by atomic mass is 9.95. The Bertz CT molecular complexity index is 2680. The van der Waals surface area contributed by atoms with Gasteiger partial charge in [0.2, 0.25) is 0 Å². The van der Waals surface area contributed by atoms with Crippen molar-refractivity contribution in [3.8, 4) is 16.9 Å². The maximum Gasteiger partial charge on any atom is 0.196 e. The monoisotopic (exact) mass is 668 g/mol. The second-order valence-corrected chi connectivity index (χ2v) is 13.7. The van der Waals surface area contributed by atoms with Gasteiger partial charge in [-0.05, 0) is 105 Å². The zero-order valence-electron chi connectivity index (χ0n) is 28.7. The van der Waals surface area contributed by atoms with Crippen LogP contribution in [0.5, 0.6) is 5.75 Å². The van der Waals surface area contributed by atoms with Crippen LogP contribution in [0.25, 0.3) is 49.0 Å². The Balaban J connectivity index is 1.10. The maximum absolute atomic E-state index is 6.84. The minimum atomic E-state index is -0.265. The van der Waals surface area contributed by atoms with E-state index in [9.17, 15) is 0 Å². The van der Waals surface area contributed by atoms with Crippen molar-refractivity contribution >= 4 is 55.0 Å². The molecule has 10 rings (SSSR count). The van der Waals surface area contributed by atoms with Gasteiger partial charge >= 0.3 is 0 Å². The van der Waals surface area contributed by atoms with E-state index >= 15 is 0 Å². The third kappa shape index (κ3) is 5.39. The second-order valence-electron chi connectivity index (χ2n) is 13.7. The number of benzene rings is 8. The molecule has 3 heteroatoms. The van der Waals surface area contributed by atoms with Crippen molar-refractivity contribution in [2.24, 2.45) is 0 Å². The molecule has 1 heterocycles. The summed E-state index contributed by atoms with van der Waals surface area (Å²) in [5, 5.41) is 10.8. The molecule has 0 amide bonds. The molecule has 1 N–H and O–H groups in total. The lowest BCUT2D eigenvalue weighted by molar-refractivity contribution is 0.263. The fourth-order valence-electron chi connectivity index (χ4n) is 7.89. The molecule has 8 aromatic carbocycles. The fraction of sp³-hybridized carbons (Fsp3) is 0.0612. The Kier molecular flexibility index (Phi) is 7.35. The molecule has 0 radical (unpaired) electrons. The predicted molar refractivity (Wildman–Crippen MR) is 218 cm³/mol. The van der Waals surface area contributed by atoms with Gasteiger partial charge in [0.15, 0.2) is 12.0 Å². The van der Waals surface area contributed by atoms with Crippen molar-refractivity contribution in [2.45, 2.75) is 19.1 Å². The largest absolute Gasteiger partial charge is 0.464 e. The smallest absolute Gasteiger partial charge is 0.196 e. The average molecular weight is 669 g/mol. The fourth-order valence-corrected chi connectivity index (χ4v) is 7.89. The van der Waals surface area contributed by atoms with E-state index in [4.69, 9.17) is 4.74 Å². The Morgan fingerprint density at radius 3 is 2.02 bits per heavy atom. The summed E-state index contributed by atoms with van der Waals surface area (Å²) in [5.74, 6) is 0.906. The summed E-state index contributed by atoms with van der Waals surface area (Å²) >= 11 is 0. The van der Waals surface area contributed by atoms with Crippen LogP contribution < -0.4 is 15.0 Å². The van der Waals surface area contributed by atoms with Gasteiger partial charge in [-0.1, -0.05) is 140 Å². The van der Waals surface area contributed by atoms with Gasteiger partial charge in [-0.15, -0.1) is 0 Å². The number of hydrogen-bond donors (Lipinski definition) is 1. The highest BCUT2D eigenvalue weighted by molar-refractivity contribution is 6.14. The van der Waals surface area contributed by atoms with E-state index in [0.29, 0.717) is 0 Å². The molecule has 1 aliphatic heterocycles. The molecule has 0 saturated heterocycles. The van der Waals surface area contributed by atoms with Crippen molar-refractivity contribution in [1.29, 1.82) is 0 Å². The van der Waals surface area contributed by atoms with Crippen LogP contribution in [-0.2, 0) is 0 Å². The number of anilines is 3. The predicted octanol–water partition coefficient (Wildman–Crippen LogP) is 13.2. The summed E-state index contributed by atoms with van der Waals surface area (Å²) in [6.07, 6.45) is 6.40. The van der Waals surface area contributed by atoms with E-state index < -0.39 is 0 Å². The van der Waals surface area contributed by atoms with Crippen molar-refractivity contribution < 1.29 is 4.74 Å². The first kappa shape index (κ1) is 30.3. The summed E-state index contributed by atoms with van der Waals surface area (Å²) in [7, 11) is 0. The minimum Gasteiger partial charge on any atom is -0.464 e. The third-order valence-electron chi connectivity index (χ3n) is 10.5. The molecule has 0 fully saturated rings. The third-order valence-corrected chi connectivity index (χ3v) is 10.5. The summed E-state index contributed by atoms with van der Waals surface area (Å²) in [6.45, 7) is 0. The maximum atomic E-state index is 6.84. The van der Waals surface area contributed by atoms with E-state index in [1.165, 1.54) is 49.5 Å². The lowest BCUT2D eigenvalue weighted by Crippen LogP contribution is -2.18. The van der Waals surface area contributed by atoms with Gasteiger partial charge < -0.3 is 15.0 Å². The van der Waals surface area contributed by atoms with E-state index in [1.807, 2.05) is 0 Å². The Morgan fingerprint density at radius 1 is 0.538 bits per heavy atom. The first-order valence-corrected chi connectivity index (χ1v) is 18.1. The van der Waals surface area contributed by atoms with Crippen LogP contribution in [0.4, 0.5) is 17.1 Å². The van der Waals surface area contributed by atoms with Crippen molar-refractivity contribution in [3.63, 3.8) is 0 Å². The first-order valence-electron chi connectivity index (χ1n) is 18.1. The van der Waals surface area contributed by atoms with E-state index in [-0.39, 0.29) is 6.23 Å². The molecule has 0 bridgehead atoms. The number of rotatable bonds is 6. The molecule has 52 heavy (non-hydrogen) atoms. The Hall–Kier alpha value is -6.58. The molecule has 8 aromatic rings. The topological polar surface area (TPSA) is 24.5 Å². The number of nitrogens with one attached hydrogen (secondary N) is 1. The molecule has 2 aliphatic rings. The molecule has 3 nitrogen and oxygen atoms in total. The quantitative estimate of drug-likeness (QED) is 0.179. The average Bonchev–Trinajstić information content (AvgIpc) is 3.67. The summed E-state index contributed by atoms with van der Waals surface area (Å²) in [4.78, 5) is 2.45. The molecule has 248 valence electrons. The van der Waals surface area contributed by atoms with Crippen LogP contribution in [0.1, 0.15) is 30.2 Å². The second kappa shape index (κ2) is 12.6. The Labute approximate surface area is 303 Å². The normalized spacial score (nSPS) is 15.1. The number of hydrogen-bond acceptors (Lipinski definition) is 3. The molecular formula is C49H36N2O. The van der Waals surface area contributed by atoms with E-state index in [2.05, 4.69) is 192 Å². The SMILES string of the molecule is C1=C(c2ccccc2)C=C(N(c2ccc(-c3ccccc3)cc2)c2ccc3ccc4ccc5c(c4c3c2)OC(c2ccc3ccccc3c2)N5)CC1. The van der Waals surface area contributed by atoms with Gasteiger partial charge in [0, 0.05) is 28.0 Å². The highest BCUT2D eigenvalue weighted by Crippen LogP contribution is 2.47. The van der Waals surface area contributed by atoms with Crippen molar-refractivity contribution in [3.05, 3.63) is 199 Å². The molecular weight excluding hydrogens is 633 g/mol. The zero-order chi connectivity index (χ0) is 34.4.